The van der Waals surface area contributed by atoms with Gasteiger partial charge in [-0.05, 0) is 68.5 Å². The first-order valence-electron chi connectivity index (χ1n) is 11.3. The molecule has 33 heavy (non-hydrogen) atoms. The van der Waals surface area contributed by atoms with Gasteiger partial charge in [0.15, 0.2) is 0 Å². The van der Waals surface area contributed by atoms with E-state index in [-0.39, 0.29) is 6.10 Å². The summed E-state index contributed by atoms with van der Waals surface area (Å²) in [6.45, 7) is 4.33. The van der Waals surface area contributed by atoms with Gasteiger partial charge in [-0.25, -0.2) is 0 Å². The van der Waals surface area contributed by atoms with E-state index in [1.54, 1.807) is 0 Å². The highest BCUT2D eigenvalue weighted by Gasteiger charge is 2.34. The fourth-order valence-corrected chi connectivity index (χ4v) is 5.17. The monoisotopic (exact) mass is 481 g/mol. The Labute approximate surface area is 203 Å². The van der Waals surface area contributed by atoms with Gasteiger partial charge < -0.3 is 14.2 Å². The molecule has 0 unspecified atom stereocenters. The van der Waals surface area contributed by atoms with Crippen molar-refractivity contribution in [2.45, 2.75) is 51.2 Å². The second kappa shape index (κ2) is 9.38. The molecule has 0 bridgehead atoms. The van der Waals surface area contributed by atoms with E-state index in [0.29, 0.717) is 39.4 Å². The van der Waals surface area contributed by atoms with Crippen molar-refractivity contribution < 1.29 is 9.26 Å². The van der Waals surface area contributed by atoms with Gasteiger partial charge in [-0.3, -0.25) is 0 Å². The molecule has 7 heteroatoms. The van der Waals surface area contributed by atoms with Gasteiger partial charge in [-0.1, -0.05) is 34.4 Å². The largest absolute Gasteiger partial charge is 0.373 e. The molecule has 0 N–H and O–H groups in total. The molecular formula is C26H25Cl2N3O2. The number of piperidine rings is 1. The number of nitrogens with zero attached hydrogens (tertiary/aromatic N) is 3. The fourth-order valence-electron chi connectivity index (χ4n) is 4.59. The molecule has 1 saturated heterocycles. The molecular weight excluding hydrogens is 457 g/mol. The lowest BCUT2D eigenvalue weighted by Crippen LogP contribution is -2.37. The third-order valence-electron chi connectivity index (χ3n) is 6.54. The van der Waals surface area contributed by atoms with Crippen LogP contribution in [0.2, 0.25) is 10.0 Å². The average molecular weight is 482 g/mol. The zero-order chi connectivity index (χ0) is 22.9. The van der Waals surface area contributed by atoms with E-state index in [4.69, 9.17) is 37.7 Å². The van der Waals surface area contributed by atoms with E-state index in [0.717, 1.165) is 55.7 Å². The maximum absolute atomic E-state index is 9.11. The van der Waals surface area contributed by atoms with E-state index in [9.17, 15) is 0 Å². The molecule has 1 saturated carbocycles. The topological polar surface area (TPSA) is 62.3 Å². The number of hydrogen-bond acceptors (Lipinski definition) is 5. The van der Waals surface area contributed by atoms with Crippen LogP contribution < -0.4 is 4.90 Å². The summed E-state index contributed by atoms with van der Waals surface area (Å²) in [7, 11) is 0. The summed E-state index contributed by atoms with van der Waals surface area (Å²) in [6.07, 6.45) is 4.26. The van der Waals surface area contributed by atoms with Crippen molar-refractivity contribution >= 4 is 28.9 Å². The van der Waals surface area contributed by atoms with Crippen molar-refractivity contribution in [2.75, 3.05) is 18.0 Å². The minimum atomic E-state index is 0.163. The van der Waals surface area contributed by atoms with Crippen LogP contribution in [-0.2, 0) is 11.3 Å². The summed E-state index contributed by atoms with van der Waals surface area (Å²) in [5.41, 5.74) is 5.40. The third-order valence-corrected chi connectivity index (χ3v) is 7.17. The Kier molecular flexibility index (Phi) is 6.34. The molecule has 0 spiro atoms. The minimum absolute atomic E-state index is 0.163. The van der Waals surface area contributed by atoms with Crippen molar-refractivity contribution in [1.82, 2.24) is 5.16 Å². The number of halogens is 2. The Balaban J connectivity index is 1.28. The zero-order valence-electron chi connectivity index (χ0n) is 18.5. The molecule has 1 aromatic heterocycles. The van der Waals surface area contributed by atoms with E-state index in [1.807, 2.05) is 36.4 Å². The number of benzene rings is 2. The number of aryl methyl sites for hydroxylation is 1. The van der Waals surface area contributed by atoms with E-state index < -0.39 is 0 Å². The Morgan fingerprint density at radius 1 is 1.12 bits per heavy atom. The SMILES string of the molecule is Cc1cc(C#N)ccc1N1CCC(OCc2c(-c3c(Cl)cccc3Cl)noc2C2CC2)CC1. The molecule has 3 aromatic rings. The summed E-state index contributed by atoms with van der Waals surface area (Å²) >= 11 is 12.9. The van der Waals surface area contributed by atoms with Crippen LogP contribution in [0.15, 0.2) is 40.9 Å². The van der Waals surface area contributed by atoms with Crippen LogP contribution >= 0.6 is 23.2 Å². The maximum Gasteiger partial charge on any atom is 0.145 e. The second-order valence-corrected chi connectivity index (χ2v) is 9.67. The van der Waals surface area contributed by atoms with Crippen LogP contribution in [0.5, 0.6) is 0 Å². The van der Waals surface area contributed by atoms with Crippen LogP contribution in [-0.4, -0.2) is 24.4 Å². The lowest BCUT2D eigenvalue weighted by Gasteiger charge is -2.34. The molecule has 1 aliphatic heterocycles. The van der Waals surface area contributed by atoms with E-state index in [2.05, 4.69) is 23.0 Å². The molecule has 0 atom stereocenters. The fraction of sp³-hybridized carbons (Fsp3) is 0.385. The number of aromatic nitrogens is 1. The van der Waals surface area contributed by atoms with E-state index in [1.165, 1.54) is 5.69 Å². The van der Waals surface area contributed by atoms with Gasteiger partial charge in [0.05, 0.1) is 34.4 Å². The van der Waals surface area contributed by atoms with Crippen LogP contribution in [0.25, 0.3) is 11.3 Å². The van der Waals surface area contributed by atoms with Crippen LogP contribution in [0.3, 0.4) is 0 Å². The number of rotatable bonds is 6. The van der Waals surface area contributed by atoms with Crippen LogP contribution in [0.4, 0.5) is 5.69 Å². The van der Waals surface area contributed by atoms with Gasteiger partial charge in [0, 0.05) is 35.8 Å². The quantitative estimate of drug-likeness (QED) is 0.383. The zero-order valence-corrected chi connectivity index (χ0v) is 20.0. The molecule has 2 aromatic carbocycles. The molecule has 0 amide bonds. The van der Waals surface area contributed by atoms with Crippen molar-refractivity contribution in [3.8, 4) is 17.3 Å². The summed E-state index contributed by atoms with van der Waals surface area (Å²) < 4.78 is 12.1. The molecule has 2 fully saturated rings. The number of nitriles is 1. The predicted molar refractivity (Wildman–Crippen MR) is 130 cm³/mol. The summed E-state index contributed by atoms with van der Waals surface area (Å²) in [5, 5.41) is 14.6. The molecule has 170 valence electrons. The molecule has 5 nitrogen and oxygen atoms in total. The van der Waals surface area contributed by atoms with Crippen molar-refractivity contribution in [3.63, 3.8) is 0 Å². The lowest BCUT2D eigenvalue weighted by molar-refractivity contribution is 0.0246. The predicted octanol–water partition coefficient (Wildman–Crippen LogP) is 6.89. The van der Waals surface area contributed by atoms with Gasteiger partial charge in [0.25, 0.3) is 0 Å². The highest BCUT2D eigenvalue weighted by atomic mass is 35.5. The Morgan fingerprint density at radius 3 is 2.48 bits per heavy atom. The lowest BCUT2D eigenvalue weighted by atomic mass is 10.0. The van der Waals surface area contributed by atoms with Gasteiger partial charge in [0.1, 0.15) is 11.5 Å². The molecule has 2 heterocycles. The second-order valence-electron chi connectivity index (χ2n) is 8.86. The average Bonchev–Trinajstić information content (AvgIpc) is 3.58. The smallest absolute Gasteiger partial charge is 0.145 e. The highest BCUT2D eigenvalue weighted by Crippen LogP contribution is 2.46. The Hall–Kier alpha value is -2.52. The summed E-state index contributed by atoms with van der Waals surface area (Å²) in [4.78, 5) is 2.38. The third kappa shape index (κ3) is 4.61. The highest BCUT2D eigenvalue weighted by molar-refractivity contribution is 6.39. The van der Waals surface area contributed by atoms with Gasteiger partial charge >= 0.3 is 0 Å². The number of anilines is 1. The van der Waals surface area contributed by atoms with Crippen LogP contribution in [0, 0.1) is 18.3 Å². The molecule has 2 aliphatic rings. The Bertz CT molecular complexity index is 1180. The summed E-state index contributed by atoms with van der Waals surface area (Å²) in [6, 6.07) is 13.6. The first-order valence-corrected chi connectivity index (χ1v) is 12.1. The molecule has 5 rings (SSSR count). The first kappa shape index (κ1) is 22.3. The minimum Gasteiger partial charge on any atom is -0.373 e. The Morgan fingerprint density at radius 2 is 1.85 bits per heavy atom. The molecule has 0 radical (unpaired) electrons. The van der Waals surface area contributed by atoms with Crippen LogP contribution in [0.1, 0.15) is 54.1 Å². The number of ether oxygens (including phenoxy) is 1. The normalized spacial score (nSPS) is 16.7. The number of hydrogen-bond donors (Lipinski definition) is 0. The van der Waals surface area contributed by atoms with E-state index >= 15 is 0 Å². The summed E-state index contributed by atoms with van der Waals surface area (Å²) in [5.74, 6) is 1.32. The maximum atomic E-state index is 9.11. The van der Waals surface area contributed by atoms with Gasteiger partial charge in [0.2, 0.25) is 0 Å². The first-order chi connectivity index (χ1) is 16.0. The van der Waals surface area contributed by atoms with Crippen molar-refractivity contribution in [1.29, 1.82) is 5.26 Å². The van der Waals surface area contributed by atoms with Crippen molar-refractivity contribution in [2.24, 2.45) is 0 Å². The molecule has 1 aliphatic carbocycles. The van der Waals surface area contributed by atoms with Gasteiger partial charge in [-0.2, -0.15) is 5.26 Å². The van der Waals surface area contributed by atoms with Crippen molar-refractivity contribution in [3.05, 3.63) is 68.9 Å². The standard InChI is InChI=1S/C26H25Cl2N3O2/c1-16-13-17(14-29)5-8-23(16)31-11-9-19(10-12-31)32-15-20-25(30-33-26(20)18-6-7-18)24-21(27)3-2-4-22(24)28/h2-5,8,13,18-19H,6-7,9-12,15H2,1H3. The van der Waals surface area contributed by atoms with Gasteiger partial charge in [-0.15, -0.1) is 0 Å².